The molecule has 1 N–H and O–H groups in total. The minimum atomic E-state index is -2.88. The van der Waals surface area contributed by atoms with E-state index in [4.69, 9.17) is 0 Å². The van der Waals surface area contributed by atoms with Gasteiger partial charge in [-0.05, 0) is 52.3 Å². The lowest BCUT2D eigenvalue weighted by Gasteiger charge is -2.13. The van der Waals surface area contributed by atoms with Gasteiger partial charge in [0.25, 0.3) is 0 Å². The average molecular weight is 425 g/mol. The second-order valence-corrected chi connectivity index (χ2v) is 5.88. The van der Waals surface area contributed by atoms with E-state index in [0.717, 1.165) is 4.47 Å². The summed E-state index contributed by atoms with van der Waals surface area (Å²) >= 11 is 6.37. The van der Waals surface area contributed by atoms with Gasteiger partial charge in [0.1, 0.15) is 11.6 Å². The van der Waals surface area contributed by atoms with Crippen LogP contribution in [-0.2, 0) is 6.54 Å². The summed E-state index contributed by atoms with van der Waals surface area (Å²) in [5.74, 6) is -0.272. The van der Waals surface area contributed by atoms with Gasteiger partial charge in [-0.1, -0.05) is 15.9 Å². The summed E-state index contributed by atoms with van der Waals surface area (Å²) in [5.41, 5.74) is 1.22. The molecule has 0 unspecified atom stereocenters. The molecule has 0 heterocycles. The van der Waals surface area contributed by atoms with Crippen LogP contribution in [0.1, 0.15) is 5.56 Å². The molecule has 0 aliphatic heterocycles. The standard InChI is InChI=1S/C14H10Br2F3NO/c15-9-1-4-13(21-14(18)19)8(5-9)7-20-10-2-3-12(17)11(16)6-10/h1-6,14,20H,7H2. The number of ether oxygens (including phenoxy) is 1. The molecule has 2 aromatic rings. The number of alkyl halides is 2. The molecule has 21 heavy (non-hydrogen) atoms. The van der Waals surface area contributed by atoms with Crippen LogP contribution in [0.25, 0.3) is 0 Å². The van der Waals surface area contributed by atoms with E-state index in [1.165, 1.54) is 12.1 Å². The van der Waals surface area contributed by atoms with E-state index >= 15 is 0 Å². The minimum absolute atomic E-state index is 0.0990. The maximum atomic E-state index is 13.1. The predicted molar refractivity (Wildman–Crippen MR) is 82.2 cm³/mol. The van der Waals surface area contributed by atoms with Crippen LogP contribution in [0.3, 0.4) is 0 Å². The Kier molecular flexibility index (Phi) is 5.52. The Hall–Kier alpha value is -1.21. The monoisotopic (exact) mass is 423 g/mol. The zero-order valence-corrected chi connectivity index (χ0v) is 13.7. The van der Waals surface area contributed by atoms with Gasteiger partial charge in [0, 0.05) is 22.3 Å². The molecule has 2 aromatic carbocycles. The molecule has 0 aliphatic rings. The number of anilines is 1. The van der Waals surface area contributed by atoms with Gasteiger partial charge < -0.3 is 10.1 Å². The van der Waals surface area contributed by atoms with Gasteiger partial charge in [0.15, 0.2) is 0 Å². The molecule has 0 saturated heterocycles. The summed E-state index contributed by atoms with van der Waals surface area (Å²) in [4.78, 5) is 0. The molecule has 0 spiro atoms. The van der Waals surface area contributed by atoms with Gasteiger partial charge >= 0.3 is 6.61 Å². The van der Waals surface area contributed by atoms with Crippen LogP contribution in [-0.4, -0.2) is 6.61 Å². The quantitative estimate of drug-likeness (QED) is 0.677. The third-order valence-electron chi connectivity index (χ3n) is 2.64. The number of halogens is 5. The molecular weight excluding hydrogens is 415 g/mol. The Morgan fingerprint density at radius 3 is 2.52 bits per heavy atom. The molecule has 2 rings (SSSR count). The normalized spacial score (nSPS) is 10.8. The van der Waals surface area contributed by atoms with E-state index in [2.05, 4.69) is 41.9 Å². The maximum Gasteiger partial charge on any atom is 0.387 e. The predicted octanol–water partition coefficient (Wildman–Crippen LogP) is 5.56. The Labute approximate surface area is 136 Å². The zero-order valence-electron chi connectivity index (χ0n) is 10.5. The van der Waals surface area contributed by atoms with Crippen molar-refractivity contribution in [2.45, 2.75) is 13.2 Å². The van der Waals surface area contributed by atoms with E-state index in [-0.39, 0.29) is 18.1 Å². The minimum Gasteiger partial charge on any atom is -0.434 e. The molecule has 7 heteroatoms. The van der Waals surface area contributed by atoms with Crippen LogP contribution in [0.4, 0.5) is 18.9 Å². The number of hydrogen-bond donors (Lipinski definition) is 1. The van der Waals surface area contributed by atoms with E-state index < -0.39 is 6.61 Å². The number of benzene rings is 2. The third kappa shape index (κ3) is 4.64. The van der Waals surface area contributed by atoms with Crippen molar-refractivity contribution in [1.82, 2.24) is 0 Å². The van der Waals surface area contributed by atoms with Crippen LogP contribution >= 0.6 is 31.9 Å². The van der Waals surface area contributed by atoms with Crippen molar-refractivity contribution in [3.05, 3.63) is 56.7 Å². The number of hydrogen-bond acceptors (Lipinski definition) is 2. The first kappa shape index (κ1) is 16.2. The smallest absolute Gasteiger partial charge is 0.387 e. The van der Waals surface area contributed by atoms with Crippen molar-refractivity contribution >= 4 is 37.5 Å². The lowest BCUT2D eigenvalue weighted by atomic mass is 10.2. The fourth-order valence-corrected chi connectivity index (χ4v) is 2.49. The molecule has 0 atom stereocenters. The molecule has 2 nitrogen and oxygen atoms in total. The first-order valence-corrected chi connectivity index (χ1v) is 7.46. The third-order valence-corrected chi connectivity index (χ3v) is 3.74. The summed E-state index contributed by atoms with van der Waals surface area (Å²) in [7, 11) is 0. The fraction of sp³-hybridized carbons (Fsp3) is 0.143. The van der Waals surface area contributed by atoms with Crippen molar-refractivity contribution < 1.29 is 17.9 Å². The highest BCUT2D eigenvalue weighted by atomic mass is 79.9. The molecule has 0 saturated carbocycles. The van der Waals surface area contributed by atoms with E-state index in [1.807, 2.05) is 0 Å². The highest BCUT2D eigenvalue weighted by Gasteiger charge is 2.10. The Bertz CT molecular complexity index is 638. The van der Waals surface area contributed by atoms with Gasteiger partial charge in [0.2, 0.25) is 0 Å². The summed E-state index contributed by atoms with van der Waals surface area (Å²) in [5, 5.41) is 3.03. The van der Waals surface area contributed by atoms with Crippen LogP contribution in [0.5, 0.6) is 5.75 Å². The van der Waals surface area contributed by atoms with Crippen molar-refractivity contribution in [3.8, 4) is 5.75 Å². The van der Waals surface area contributed by atoms with E-state index in [9.17, 15) is 13.2 Å². The van der Waals surface area contributed by atoms with Crippen molar-refractivity contribution in [2.24, 2.45) is 0 Å². The second kappa shape index (κ2) is 7.17. The Balaban J connectivity index is 2.14. The SMILES string of the molecule is Fc1ccc(NCc2cc(Br)ccc2OC(F)F)cc1Br. The lowest BCUT2D eigenvalue weighted by Crippen LogP contribution is -2.07. The fourth-order valence-electron chi connectivity index (χ4n) is 1.70. The zero-order chi connectivity index (χ0) is 15.4. The summed E-state index contributed by atoms with van der Waals surface area (Å²) in [6.45, 7) is -2.62. The Morgan fingerprint density at radius 2 is 1.86 bits per heavy atom. The molecule has 0 bridgehead atoms. The highest BCUT2D eigenvalue weighted by Crippen LogP contribution is 2.26. The van der Waals surface area contributed by atoms with E-state index in [0.29, 0.717) is 15.7 Å². The maximum absolute atomic E-state index is 13.1. The van der Waals surface area contributed by atoms with Gasteiger partial charge in [-0.25, -0.2) is 4.39 Å². The van der Waals surface area contributed by atoms with Crippen LogP contribution in [0.15, 0.2) is 45.3 Å². The molecule has 0 radical (unpaired) electrons. The van der Waals surface area contributed by atoms with E-state index in [1.54, 1.807) is 24.3 Å². The highest BCUT2D eigenvalue weighted by molar-refractivity contribution is 9.10. The molecule has 0 aromatic heterocycles. The van der Waals surface area contributed by atoms with Crippen molar-refractivity contribution in [2.75, 3.05) is 5.32 Å². The number of nitrogens with one attached hydrogen (secondary N) is 1. The summed E-state index contributed by atoms with van der Waals surface area (Å²) < 4.78 is 43.4. The van der Waals surface area contributed by atoms with Gasteiger partial charge in [0.05, 0.1) is 4.47 Å². The van der Waals surface area contributed by atoms with Gasteiger partial charge in [-0.3, -0.25) is 0 Å². The molecule has 0 aliphatic carbocycles. The molecular formula is C14H10Br2F3NO. The second-order valence-electron chi connectivity index (χ2n) is 4.11. The van der Waals surface area contributed by atoms with Gasteiger partial charge in [-0.2, -0.15) is 8.78 Å². The summed E-state index contributed by atoms with van der Waals surface area (Å²) in [6.07, 6.45) is 0. The largest absolute Gasteiger partial charge is 0.434 e. The molecule has 112 valence electrons. The molecule has 0 amide bonds. The molecule has 0 fully saturated rings. The first-order valence-electron chi connectivity index (χ1n) is 5.88. The van der Waals surface area contributed by atoms with Crippen LogP contribution in [0, 0.1) is 5.82 Å². The van der Waals surface area contributed by atoms with Gasteiger partial charge in [-0.15, -0.1) is 0 Å². The topological polar surface area (TPSA) is 21.3 Å². The van der Waals surface area contributed by atoms with Crippen molar-refractivity contribution in [3.63, 3.8) is 0 Å². The Morgan fingerprint density at radius 1 is 1.10 bits per heavy atom. The average Bonchev–Trinajstić information content (AvgIpc) is 2.42. The van der Waals surface area contributed by atoms with Crippen LogP contribution in [0.2, 0.25) is 0 Å². The lowest BCUT2D eigenvalue weighted by molar-refractivity contribution is -0.0504. The van der Waals surface area contributed by atoms with Crippen LogP contribution < -0.4 is 10.1 Å². The first-order chi connectivity index (χ1) is 9.95. The van der Waals surface area contributed by atoms with Crippen molar-refractivity contribution in [1.29, 1.82) is 0 Å². The summed E-state index contributed by atoms with van der Waals surface area (Å²) in [6, 6.07) is 9.21. The number of rotatable bonds is 5.